The van der Waals surface area contributed by atoms with Crippen molar-refractivity contribution in [3.63, 3.8) is 0 Å². The molecule has 0 spiro atoms. The van der Waals surface area contributed by atoms with Crippen LogP contribution < -0.4 is 5.32 Å². The molecule has 2 unspecified atom stereocenters. The van der Waals surface area contributed by atoms with Crippen molar-refractivity contribution in [2.24, 2.45) is 11.8 Å². The van der Waals surface area contributed by atoms with Gasteiger partial charge in [-0.25, -0.2) is 0 Å². The second-order valence-corrected chi connectivity index (χ2v) is 5.86. The predicted octanol–water partition coefficient (Wildman–Crippen LogP) is 1.70. The highest BCUT2D eigenvalue weighted by Crippen LogP contribution is 2.26. The van der Waals surface area contributed by atoms with Gasteiger partial charge >= 0.3 is 0 Å². The maximum Gasteiger partial charge on any atom is 0.00725 e. The van der Waals surface area contributed by atoms with E-state index in [4.69, 9.17) is 0 Å². The molecule has 0 aromatic heterocycles. The Balaban J connectivity index is 0.00000112. The van der Waals surface area contributed by atoms with Gasteiger partial charge in [0.25, 0.3) is 0 Å². The molecule has 0 bridgehead atoms. The third kappa shape index (κ3) is 3.81. The molecule has 0 saturated carbocycles. The molecular formula is C11H23ClN2S. The number of likely N-dealkylation sites (tertiary alicyclic amines) is 1. The third-order valence-electron chi connectivity index (χ3n) is 3.54. The number of fused-ring (bicyclic) bond motifs is 1. The van der Waals surface area contributed by atoms with Crippen LogP contribution in [0.2, 0.25) is 0 Å². The first-order valence-electron chi connectivity index (χ1n) is 5.91. The van der Waals surface area contributed by atoms with E-state index in [2.05, 4.69) is 28.9 Å². The molecule has 2 fully saturated rings. The van der Waals surface area contributed by atoms with Gasteiger partial charge in [0, 0.05) is 18.8 Å². The molecule has 2 atom stereocenters. The summed E-state index contributed by atoms with van der Waals surface area (Å²) < 4.78 is 0. The van der Waals surface area contributed by atoms with Crippen LogP contribution >= 0.6 is 24.2 Å². The Labute approximate surface area is 104 Å². The summed E-state index contributed by atoms with van der Waals surface area (Å²) in [6, 6.07) is 0. The van der Waals surface area contributed by atoms with E-state index in [-0.39, 0.29) is 12.4 Å². The lowest BCUT2D eigenvalue weighted by Crippen LogP contribution is -2.40. The quantitative estimate of drug-likeness (QED) is 0.765. The maximum atomic E-state index is 3.52. The van der Waals surface area contributed by atoms with Gasteiger partial charge in [0.2, 0.25) is 0 Å². The summed E-state index contributed by atoms with van der Waals surface area (Å²) in [5.74, 6) is 4.53. The van der Waals surface area contributed by atoms with Gasteiger partial charge in [-0.1, -0.05) is 6.92 Å². The van der Waals surface area contributed by atoms with Crippen LogP contribution in [0.15, 0.2) is 0 Å². The van der Waals surface area contributed by atoms with Crippen LogP contribution in [0.4, 0.5) is 0 Å². The van der Waals surface area contributed by atoms with Crippen molar-refractivity contribution >= 4 is 24.2 Å². The zero-order chi connectivity index (χ0) is 9.80. The third-order valence-corrected chi connectivity index (χ3v) is 4.42. The number of thioether (sulfide) groups is 1. The normalized spacial score (nSPS) is 31.0. The van der Waals surface area contributed by atoms with Gasteiger partial charge in [-0.3, -0.25) is 0 Å². The number of piperidine rings is 1. The van der Waals surface area contributed by atoms with Crippen LogP contribution in [-0.4, -0.2) is 49.1 Å². The molecule has 0 aromatic carbocycles. The van der Waals surface area contributed by atoms with Gasteiger partial charge in [0.15, 0.2) is 0 Å². The first-order chi connectivity index (χ1) is 6.90. The fourth-order valence-corrected chi connectivity index (χ4v) is 3.33. The van der Waals surface area contributed by atoms with Gasteiger partial charge in [-0.15, -0.1) is 12.4 Å². The van der Waals surface area contributed by atoms with Crippen LogP contribution in [0, 0.1) is 11.8 Å². The Morgan fingerprint density at radius 1 is 1.33 bits per heavy atom. The standard InChI is InChI=1S/C11H22N2S.ClH/c1-2-14-6-5-13-4-3-10-7-12-8-11(10)9-13;/h10-12H,2-9H2,1H3;1H. The van der Waals surface area contributed by atoms with Crippen LogP contribution in [-0.2, 0) is 0 Å². The molecule has 0 aromatic rings. The number of rotatable bonds is 4. The van der Waals surface area contributed by atoms with Gasteiger partial charge in [-0.05, 0) is 43.6 Å². The van der Waals surface area contributed by atoms with E-state index in [1.807, 2.05) is 0 Å². The number of nitrogens with zero attached hydrogens (tertiary/aromatic N) is 1. The molecule has 2 saturated heterocycles. The average molecular weight is 251 g/mol. The van der Waals surface area contributed by atoms with E-state index in [9.17, 15) is 0 Å². The Kier molecular flexibility index (Phi) is 6.36. The summed E-state index contributed by atoms with van der Waals surface area (Å²) >= 11 is 2.07. The van der Waals surface area contributed by atoms with Crippen LogP contribution in [0.3, 0.4) is 0 Å². The van der Waals surface area contributed by atoms with E-state index >= 15 is 0 Å². The summed E-state index contributed by atoms with van der Waals surface area (Å²) in [6.45, 7) is 8.79. The lowest BCUT2D eigenvalue weighted by molar-refractivity contribution is 0.157. The highest BCUT2D eigenvalue weighted by molar-refractivity contribution is 7.99. The molecule has 4 heteroatoms. The molecule has 2 nitrogen and oxygen atoms in total. The van der Waals surface area contributed by atoms with E-state index in [1.165, 1.54) is 50.7 Å². The molecule has 0 aliphatic carbocycles. The van der Waals surface area contributed by atoms with E-state index in [1.54, 1.807) is 0 Å². The topological polar surface area (TPSA) is 15.3 Å². The van der Waals surface area contributed by atoms with Crippen molar-refractivity contribution in [3.05, 3.63) is 0 Å². The molecule has 2 aliphatic heterocycles. The smallest absolute Gasteiger partial charge is 0.00725 e. The monoisotopic (exact) mass is 250 g/mol. The van der Waals surface area contributed by atoms with Gasteiger partial charge in [-0.2, -0.15) is 11.8 Å². The Hall–Kier alpha value is 0.560. The van der Waals surface area contributed by atoms with Crippen LogP contribution in [0.5, 0.6) is 0 Å². The molecular weight excluding hydrogens is 228 g/mol. The summed E-state index contributed by atoms with van der Waals surface area (Å²) in [7, 11) is 0. The Morgan fingerprint density at radius 3 is 2.93 bits per heavy atom. The first kappa shape index (κ1) is 13.6. The minimum Gasteiger partial charge on any atom is -0.316 e. The molecule has 15 heavy (non-hydrogen) atoms. The lowest BCUT2D eigenvalue weighted by atomic mass is 9.89. The van der Waals surface area contributed by atoms with Crippen molar-refractivity contribution in [1.82, 2.24) is 10.2 Å². The minimum absolute atomic E-state index is 0. The summed E-state index contributed by atoms with van der Waals surface area (Å²) in [4.78, 5) is 2.66. The second kappa shape index (κ2) is 7.00. The fraction of sp³-hybridized carbons (Fsp3) is 1.00. The minimum atomic E-state index is 0. The summed E-state index contributed by atoms with van der Waals surface area (Å²) in [5, 5.41) is 3.52. The molecule has 90 valence electrons. The molecule has 0 amide bonds. The number of hydrogen-bond acceptors (Lipinski definition) is 3. The Morgan fingerprint density at radius 2 is 2.13 bits per heavy atom. The predicted molar refractivity (Wildman–Crippen MR) is 71.2 cm³/mol. The van der Waals surface area contributed by atoms with Crippen molar-refractivity contribution in [3.8, 4) is 0 Å². The average Bonchev–Trinajstić information content (AvgIpc) is 2.65. The molecule has 2 aliphatic rings. The van der Waals surface area contributed by atoms with Gasteiger partial charge in [0.1, 0.15) is 0 Å². The summed E-state index contributed by atoms with van der Waals surface area (Å²) in [6.07, 6.45) is 1.43. The second-order valence-electron chi connectivity index (χ2n) is 4.46. The van der Waals surface area contributed by atoms with Crippen molar-refractivity contribution in [1.29, 1.82) is 0 Å². The van der Waals surface area contributed by atoms with Crippen molar-refractivity contribution in [2.45, 2.75) is 13.3 Å². The molecule has 1 N–H and O–H groups in total. The van der Waals surface area contributed by atoms with E-state index < -0.39 is 0 Å². The number of hydrogen-bond donors (Lipinski definition) is 1. The molecule has 2 rings (SSSR count). The van der Waals surface area contributed by atoms with Crippen LogP contribution in [0.25, 0.3) is 0 Å². The largest absolute Gasteiger partial charge is 0.316 e. The highest BCUT2D eigenvalue weighted by atomic mass is 35.5. The zero-order valence-corrected chi connectivity index (χ0v) is 11.2. The summed E-state index contributed by atoms with van der Waals surface area (Å²) in [5.41, 5.74) is 0. The maximum absolute atomic E-state index is 3.52. The molecule has 2 heterocycles. The zero-order valence-electron chi connectivity index (χ0n) is 9.58. The Bertz CT molecular complexity index is 180. The van der Waals surface area contributed by atoms with E-state index in [0.29, 0.717) is 0 Å². The van der Waals surface area contributed by atoms with Crippen molar-refractivity contribution < 1.29 is 0 Å². The van der Waals surface area contributed by atoms with Crippen LogP contribution in [0.1, 0.15) is 13.3 Å². The SMILES string of the molecule is CCSCCN1CCC2CNCC2C1.Cl. The fourth-order valence-electron chi connectivity index (χ4n) is 2.65. The van der Waals surface area contributed by atoms with Gasteiger partial charge in [0.05, 0.1) is 0 Å². The molecule has 0 radical (unpaired) electrons. The highest BCUT2D eigenvalue weighted by Gasteiger charge is 2.32. The number of halogens is 1. The number of nitrogens with one attached hydrogen (secondary N) is 1. The van der Waals surface area contributed by atoms with E-state index in [0.717, 1.165) is 11.8 Å². The first-order valence-corrected chi connectivity index (χ1v) is 7.06. The lowest BCUT2D eigenvalue weighted by Gasteiger charge is -2.34. The van der Waals surface area contributed by atoms with Crippen molar-refractivity contribution in [2.75, 3.05) is 44.2 Å². The van der Waals surface area contributed by atoms with Gasteiger partial charge < -0.3 is 10.2 Å².